The van der Waals surface area contributed by atoms with E-state index >= 15 is 0 Å². The van der Waals surface area contributed by atoms with Crippen molar-refractivity contribution < 1.29 is 9.53 Å². The van der Waals surface area contributed by atoms with Crippen LogP contribution in [-0.2, 0) is 16.0 Å². The molecule has 0 aliphatic heterocycles. The molecule has 0 atom stereocenters. The zero-order chi connectivity index (χ0) is 12.0. The first-order chi connectivity index (χ1) is 7.47. The summed E-state index contributed by atoms with van der Waals surface area (Å²) in [6.07, 6.45) is 0.880. The Labute approximate surface area is 101 Å². The van der Waals surface area contributed by atoms with Crippen LogP contribution in [0.25, 0.3) is 0 Å². The molecule has 90 valence electrons. The summed E-state index contributed by atoms with van der Waals surface area (Å²) in [7, 11) is 0. The molecule has 0 saturated heterocycles. The van der Waals surface area contributed by atoms with Crippen LogP contribution in [0.3, 0.4) is 0 Å². The Bertz CT molecular complexity index is 314. The highest BCUT2D eigenvalue weighted by Gasteiger charge is 2.12. The lowest BCUT2D eigenvalue weighted by atomic mass is 10.2. The predicted molar refractivity (Wildman–Crippen MR) is 66.7 cm³/mol. The molecular weight excluding hydrogens is 222 g/mol. The maximum absolute atomic E-state index is 11.4. The van der Waals surface area contributed by atoms with Crippen LogP contribution in [0, 0.1) is 0 Å². The second kappa shape index (κ2) is 6.01. The van der Waals surface area contributed by atoms with E-state index in [-0.39, 0.29) is 18.1 Å². The highest BCUT2D eigenvalue weighted by Crippen LogP contribution is 2.06. The van der Waals surface area contributed by atoms with Gasteiger partial charge in [0.15, 0.2) is 0 Å². The molecule has 1 amide bonds. The predicted octanol–water partition coefficient (Wildman–Crippen LogP) is 2.22. The van der Waals surface area contributed by atoms with Crippen molar-refractivity contribution in [3.63, 3.8) is 0 Å². The minimum absolute atomic E-state index is 0.0508. The van der Waals surface area contributed by atoms with Gasteiger partial charge in [-0.05, 0) is 49.6 Å². The van der Waals surface area contributed by atoms with E-state index in [0.717, 1.165) is 6.42 Å². The Morgan fingerprint density at radius 1 is 1.50 bits per heavy atom. The fourth-order valence-electron chi connectivity index (χ4n) is 1.11. The molecule has 0 fully saturated rings. The molecule has 0 aliphatic carbocycles. The van der Waals surface area contributed by atoms with Gasteiger partial charge in [-0.2, -0.15) is 11.3 Å². The van der Waals surface area contributed by atoms with E-state index in [1.54, 1.807) is 11.3 Å². The summed E-state index contributed by atoms with van der Waals surface area (Å²) in [6.45, 7) is 6.61. The molecule has 0 aromatic carbocycles. The summed E-state index contributed by atoms with van der Waals surface area (Å²) in [4.78, 5) is 11.4. The first-order valence-corrected chi connectivity index (χ1v) is 6.33. The molecule has 1 aromatic rings. The molecule has 0 unspecified atom stereocenters. The Morgan fingerprint density at radius 2 is 2.25 bits per heavy atom. The van der Waals surface area contributed by atoms with Crippen molar-refractivity contribution in [3.05, 3.63) is 22.4 Å². The number of hydrogen-bond donors (Lipinski definition) is 1. The standard InChI is InChI=1S/C12H19NO2S/c1-12(2,3)15-8-11(14)13-6-4-10-5-7-16-9-10/h5,7,9H,4,6,8H2,1-3H3,(H,13,14). The summed E-state index contributed by atoms with van der Waals surface area (Å²) in [6, 6.07) is 2.07. The largest absolute Gasteiger partial charge is 0.366 e. The van der Waals surface area contributed by atoms with Crippen LogP contribution >= 0.6 is 11.3 Å². The van der Waals surface area contributed by atoms with Crippen molar-refractivity contribution >= 4 is 17.2 Å². The summed E-state index contributed by atoms with van der Waals surface area (Å²) in [5.41, 5.74) is 1.01. The fraction of sp³-hybridized carbons (Fsp3) is 0.583. The average Bonchev–Trinajstić information content (AvgIpc) is 2.66. The van der Waals surface area contributed by atoms with Crippen LogP contribution in [0.1, 0.15) is 26.3 Å². The highest BCUT2D eigenvalue weighted by molar-refractivity contribution is 7.07. The van der Waals surface area contributed by atoms with Gasteiger partial charge in [-0.1, -0.05) is 0 Å². The first kappa shape index (κ1) is 13.2. The smallest absolute Gasteiger partial charge is 0.246 e. The van der Waals surface area contributed by atoms with Crippen LogP contribution in [0.4, 0.5) is 0 Å². The molecule has 4 heteroatoms. The second-order valence-corrected chi connectivity index (χ2v) is 5.41. The first-order valence-electron chi connectivity index (χ1n) is 5.39. The normalized spacial score (nSPS) is 11.4. The van der Waals surface area contributed by atoms with Gasteiger partial charge in [0.2, 0.25) is 5.91 Å². The van der Waals surface area contributed by atoms with Gasteiger partial charge < -0.3 is 10.1 Å². The monoisotopic (exact) mass is 241 g/mol. The number of thiophene rings is 1. The maximum atomic E-state index is 11.4. The van der Waals surface area contributed by atoms with E-state index in [2.05, 4.69) is 16.8 Å². The van der Waals surface area contributed by atoms with Crippen molar-refractivity contribution in [2.45, 2.75) is 32.8 Å². The van der Waals surface area contributed by atoms with Crippen molar-refractivity contribution in [1.29, 1.82) is 0 Å². The second-order valence-electron chi connectivity index (χ2n) is 4.63. The lowest BCUT2D eigenvalue weighted by Crippen LogP contribution is -2.33. The highest BCUT2D eigenvalue weighted by atomic mass is 32.1. The number of carbonyl (C=O) groups excluding carboxylic acids is 1. The van der Waals surface area contributed by atoms with E-state index in [0.29, 0.717) is 6.54 Å². The lowest BCUT2D eigenvalue weighted by molar-refractivity contribution is -0.130. The molecular formula is C12H19NO2S. The Hall–Kier alpha value is -0.870. The van der Waals surface area contributed by atoms with Gasteiger partial charge in [0.05, 0.1) is 5.60 Å². The molecule has 1 rings (SSSR count). The third-order valence-electron chi connectivity index (χ3n) is 1.95. The van der Waals surface area contributed by atoms with Crippen LogP contribution in [0.15, 0.2) is 16.8 Å². The zero-order valence-corrected chi connectivity index (χ0v) is 10.9. The summed E-state index contributed by atoms with van der Waals surface area (Å²) in [5.74, 6) is -0.0508. The Morgan fingerprint density at radius 3 is 2.81 bits per heavy atom. The van der Waals surface area contributed by atoms with E-state index in [9.17, 15) is 4.79 Å². The third kappa shape index (κ3) is 5.88. The van der Waals surface area contributed by atoms with Crippen molar-refractivity contribution in [2.75, 3.05) is 13.2 Å². The van der Waals surface area contributed by atoms with Gasteiger partial charge in [-0.25, -0.2) is 0 Å². The molecule has 1 heterocycles. The molecule has 0 spiro atoms. The Balaban J connectivity index is 2.11. The SMILES string of the molecule is CC(C)(C)OCC(=O)NCCc1ccsc1. The minimum Gasteiger partial charge on any atom is -0.366 e. The number of amides is 1. The molecule has 0 aliphatic rings. The molecule has 0 radical (unpaired) electrons. The Kier molecular flexibility index (Phi) is 4.96. The van der Waals surface area contributed by atoms with Gasteiger partial charge in [0.25, 0.3) is 0 Å². The van der Waals surface area contributed by atoms with Crippen molar-refractivity contribution in [1.82, 2.24) is 5.32 Å². The van der Waals surface area contributed by atoms with Crippen LogP contribution < -0.4 is 5.32 Å². The van der Waals surface area contributed by atoms with Gasteiger partial charge in [-0.3, -0.25) is 4.79 Å². The van der Waals surface area contributed by atoms with Crippen LogP contribution in [-0.4, -0.2) is 24.7 Å². The summed E-state index contributed by atoms with van der Waals surface area (Å²) >= 11 is 1.67. The molecule has 16 heavy (non-hydrogen) atoms. The average molecular weight is 241 g/mol. The molecule has 0 saturated carbocycles. The zero-order valence-electron chi connectivity index (χ0n) is 10.1. The van der Waals surface area contributed by atoms with Gasteiger partial charge in [0, 0.05) is 6.54 Å². The third-order valence-corrected chi connectivity index (χ3v) is 2.68. The lowest BCUT2D eigenvalue weighted by Gasteiger charge is -2.18. The molecule has 1 N–H and O–H groups in total. The van der Waals surface area contributed by atoms with E-state index in [1.165, 1.54) is 5.56 Å². The number of rotatable bonds is 5. The van der Waals surface area contributed by atoms with E-state index in [4.69, 9.17) is 4.74 Å². The quantitative estimate of drug-likeness (QED) is 0.858. The molecule has 1 aromatic heterocycles. The molecule has 3 nitrogen and oxygen atoms in total. The van der Waals surface area contributed by atoms with Crippen LogP contribution in [0.2, 0.25) is 0 Å². The number of nitrogens with one attached hydrogen (secondary N) is 1. The van der Waals surface area contributed by atoms with Crippen LogP contribution in [0.5, 0.6) is 0 Å². The van der Waals surface area contributed by atoms with Gasteiger partial charge in [-0.15, -0.1) is 0 Å². The summed E-state index contributed by atoms with van der Waals surface area (Å²) in [5, 5.41) is 6.97. The van der Waals surface area contributed by atoms with Crippen molar-refractivity contribution in [3.8, 4) is 0 Å². The van der Waals surface area contributed by atoms with Gasteiger partial charge >= 0.3 is 0 Å². The fourth-order valence-corrected chi connectivity index (χ4v) is 1.82. The topological polar surface area (TPSA) is 38.3 Å². The number of ether oxygens (including phenoxy) is 1. The maximum Gasteiger partial charge on any atom is 0.246 e. The number of hydrogen-bond acceptors (Lipinski definition) is 3. The van der Waals surface area contributed by atoms with E-state index < -0.39 is 0 Å². The summed E-state index contributed by atoms with van der Waals surface area (Å²) < 4.78 is 5.37. The van der Waals surface area contributed by atoms with Gasteiger partial charge in [0.1, 0.15) is 6.61 Å². The number of carbonyl (C=O) groups is 1. The minimum atomic E-state index is -0.259. The van der Waals surface area contributed by atoms with E-state index in [1.807, 2.05) is 26.2 Å². The molecule has 0 bridgehead atoms. The van der Waals surface area contributed by atoms with Crippen molar-refractivity contribution in [2.24, 2.45) is 0 Å².